The second-order valence-corrected chi connectivity index (χ2v) is 2.70. The van der Waals surface area contributed by atoms with E-state index < -0.39 is 0 Å². The fourth-order valence-electron chi connectivity index (χ4n) is 1.30. The van der Waals surface area contributed by atoms with E-state index in [1.165, 1.54) is 5.56 Å². The van der Waals surface area contributed by atoms with Crippen LogP contribution in [-0.4, -0.2) is 6.54 Å². The first-order chi connectivity index (χ1) is 5.47. The molecule has 0 aliphatic carbocycles. The molecule has 0 saturated carbocycles. The largest absolute Gasteiger partial charge is 0.193 e. The molecule has 1 aromatic carbocycles. The molecule has 0 spiro atoms. The number of hydrogen-bond donors (Lipinski definition) is 0. The predicted octanol–water partition coefficient (Wildman–Crippen LogP) is 2.58. The number of azo groups is 1. The maximum absolute atomic E-state index is 4.13. The van der Waals surface area contributed by atoms with Gasteiger partial charge in [-0.2, -0.15) is 10.2 Å². The molecule has 0 bridgehead atoms. The average molecular weight is 146 g/mol. The Morgan fingerprint density at radius 1 is 1.18 bits per heavy atom. The number of nitrogens with zero attached hydrogens (tertiary/aromatic N) is 2. The predicted molar refractivity (Wildman–Crippen MR) is 43.5 cm³/mol. The van der Waals surface area contributed by atoms with Gasteiger partial charge in [0, 0.05) is 0 Å². The SMILES string of the molecule is c1ccc(C2CCN=N2)cc1. The van der Waals surface area contributed by atoms with E-state index in [0.717, 1.165) is 13.0 Å². The molecule has 1 aliphatic rings. The van der Waals surface area contributed by atoms with Gasteiger partial charge in [-0.1, -0.05) is 30.3 Å². The molecule has 1 atom stereocenters. The van der Waals surface area contributed by atoms with Crippen molar-refractivity contribution in [2.45, 2.75) is 12.5 Å². The summed E-state index contributed by atoms with van der Waals surface area (Å²) in [6.45, 7) is 0.888. The maximum atomic E-state index is 4.13. The van der Waals surface area contributed by atoms with Crippen LogP contribution in [-0.2, 0) is 0 Å². The molecule has 1 aromatic rings. The van der Waals surface area contributed by atoms with Gasteiger partial charge in [0.25, 0.3) is 0 Å². The number of rotatable bonds is 1. The van der Waals surface area contributed by atoms with Gasteiger partial charge >= 0.3 is 0 Å². The van der Waals surface area contributed by atoms with Crippen LogP contribution in [0.25, 0.3) is 0 Å². The van der Waals surface area contributed by atoms with E-state index in [1.807, 2.05) is 18.2 Å². The van der Waals surface area contributed by atoms with Gasteiger partial charge in [-0.05, 0) is 12.0 Å². The highest BCUT2D eigenvalue weighted by Crippen LogP contribution is 2.25. The zero-order valence-corrected chi connectivity index (χ0v) is 6.27. The standard InChI is InChI=1S/C9H10N2/c1-2-4-8(5-3-1)9-6-7-10-11-9/h1-5,9H,6-7H2. The van der Waals surface area contributed by atoms with Crippen LogP contribution >= 0.6 is 0 Å². The fraction of sp³-hybridized carbons (Fsp3) is 0.333. The third kappa shape index (κ3) is 1.29. The zero-order valence-electron chi connectivity index (χ0n) is 6.27. The molecule has 0 radical (unpaired) electrons. The van der Waals surface area contributed by atoms with Crippen LogP contribution in [0, 0.1) is 0 Å². The molecule has 2 rings (SSSR count). The van der Waals surface area contributed by atoms with E-state index in [4.69, 9.17) is 0 Å². The van der Waals surface area contributed by atoms with Crippen molar-refractivity contribution < 1.29 is 0 Å². The molecular weight excluding hydrogens is 136 g/mol. The summed E-state index contributed by atoms with van der Waals surface area (Å²) >= 11 is 0. The van der Waals surface area contributed by atoms with E-state index in [9.17, 15) is 0 Å². The zero-order chi connectivity index (χ0) is 7.52. The number of benzene rings is 1. The molecule has 1 unspecified atom stereocenters. The van der Waals surface area contributed by atoms with Crippen molar-refractivity contribution in [1.82, 2.24) is 0 Å². The summed E-state index contributed by atoms with van der Waals surface area (Å²) in [5, 5.41) is 8.10. The molecule has 1 heterocycles. The normalized spacial score (nSPS) is 22.4. The van der Waals surface area contributed by atoms with Crippen molar-refractivity contribution >= 4 is 0 Å². The minimum Gasteiger partial charge on any atom is -0.193 e. The Kier molecular flexibility index (Phi) is 1.68. The van der Waals surface area contributed by atoms with Crippen LogP contribution in [0.3, 0.4) is 0 Å². The summed E-state index contributed by atoms with van der Waals surface area (Å²) in [6, 6.07) is 10.7. The lowest BCUT2D eigenvalue weighted by Crippen LogP contribution is -1.90. The quantitative estimate of drug-likeness (QED) is 0.581. The summed E-state index contributed by atoms with van der Waals surface area (Å²) in [5.74, 6) is 0. The van der Waals surface area contributed by atoms with Gasteiger partial charge < -0.3 is 0 Å². The van der Waals surface area contributed by atoms with Gasteiger partial charge in [0.05, 0.1) is 12.6 Å². The highest BCUT2D eigenvalue weighted by molar-refractivity contribution is 5.19. The Labute approximate surface area is 66.0 Å². The molecule has 2 heteroatoms. The van der Waals surface area contributed by atoms with E-state index in [-0.39, 0.29) is 0 Å². The van der Waals surface area contributed by atoms with Crippen LogP contribution < -0.4 is 0 Å². The van der Waals surface area contributed by atoms with Crippen LogP contribution in [0.2, 0.25) is 0 Å². The Morgan fingerprint density at radius 2 is 2.00 bits per heavy atom. The summed E-state index contributed by atoms with van der Waals surface area (Å²) in [7, 11) is 0. The van der Waals surface area contributed by atoms with Crippen LogP contribution in [0.15, 0.2) is 40.6 Å². The Balaban J connectivity index is 2.23. The Bertz CT molecular complexity index is 254. The van der Waals surface area contributed by atoms with Gasteiger partial charge in [-0.25, -0.2) is 0 Å². The lowest BCUT2D eigenvalue weighted by atomic mass is 10.1. The second kappa shape index (κ2) is 2.82. The summed E-state index contributed by atoms with van der Waals surface area (Å²) in [5.41, 5.74) is 1.29. The van der Waals surface area contributed by atoms with Crippen molar-refractivity contribution in [1.29, 1.82) is 0 Å². The van der Waals surface area contributed by atoms with Crippen molar-refractivity contribution in [3.63, 3.8) is 0 Å². The van der Waals surface area contributed by atoms with Crippen LogP contribution in [0.4, 0.5) is 0 Å². The summed E-state index contributed by atoms with van der Waals surface area (Å²) in [4.78, 5) is 0. The van der Waals surface area contributed by atoms with Gasteiger partial charge in [0.2, 0.25) is 0 Å². The third-order valence-corrected chi connectivity index (χ3v) is 1.91. The Morgan fingerprint density at radius 3 is 2.64 bits per heavy atom. The highest BCUT2D eigenvalue weighted by atomic mass is 15.2. The maximum Gasteiger partial charge on any atom is 0.0975 e. The highest BCUT2D eigenvalue weighted by Gasteiger charge is 2.12. The molecule has 56 valence electrons. The van der Waals surface area contributed by atoms with Crippen molar-refractivity contribution in [3.05, 3.63) is 35.9 Å². The van der Waals surface area contributed by atoms with Crippen molar-refractivity contribution in [2.24, 2.45) is 10.2 Å². The summed E-state index contributed by atoms with van der Waals surface area (Å²) in [6.07, 6.45) is 1.07. The van der Waals surface area contributed by atoms with Crippen molar-refractivity contribution in [3.8, 4) is 0 Å². The van der Waals surface area contributed by atoms with Gasteiger partial charge in [0.15, 0.2) is 0 Å². The molecule has 0 saturated heterocycles. The minimum absolute atomic E-state index is 0.330. The molecule has 0 amide bonds. The molecule has 0 N–H and O–H groups in total. The molecule has 11 heavy (non-hydrogen) atoms. The lowest BCUT2D eigenvalue weighted by molar-refractivity contribution is 0.742. The Hall–Kier alpha value is -1.18. The van der Waals surface area contributed by atoms with Crippen molar-refractivity contribution in [2.75, 3.05) is 6.54 Å². The molecule has 0 fully saturated rings. The number of hydrogen-bond acceptors (Lipinski definition) is 2. The van der Waals surface area contributed by atoms with E-state index in [1.54, 1.807) is 0 Å². The summed E-state index contributed by atoms with van der Waals surface area (Å²) < 4.78 is 0. The monoisotopic (exact) mass is 146 g/mol. The van der Waals surface area contributed by atoms with Gasteiger partial charge in [-0.3, -0.25) is 0 Å². The molecule has 2 nitrogen and oxygen atoms in total. The molecular formula is C9H10N2. The smallest absolute Gasteiger partial charge is 0.0975 e. The van der Waals surface area contributed by atoms with Crippen LogP contribution in [0.1, 0.15) is 18.0 Å². The third-order valence-electron chi connectivity index (χ3n) is 1.91. The first-order valence-corrected chi connectivity index (χ1v) is 3.88. The topological polar surface area (TPSA) is 24.7 Å². The lowest BCUT2D eigenvalue weighted by Gasteiger charge is -2.02. The van der Waals surface area contributed by atoms with Gasteiger partial charge in [-0.15, -0.1) is 0 Å². The first kappa shape index (κ1) is 6.53. The molecule has 0 aromatic heterocycles. The van der Waals surface area contributed by atoms with E-state index >= 15 is 0 Å². The van der Waals surface area contributed by atoms with E-state index in [2.05, 4.69) is 22.4 Å². The fourth-order valence-corrected chi connectivity index (χ4v) is 1.30. The second-order valence-electron chi connectivity index (χ2n) is 2.70. The van der Waals surface area contributed by atoms with E-state index in [0.29, 0.717) is 6.04 Å². The first-order valence-electron chi connectivity index (χ1n) is 3.88. The minimum atomic E-state index is 0.330. The van der Waals surface area contributed by atoms with Gasteiger partial charge in [0.1, 0.15) is 0 Å². The van der Waals surface area contributed by atoms with Crippen LogP contribution in [0.5, 0.6) is 0 Å². The molecule has 1 aliphatic heterocycles. The average Bonchev–Trinajstić information content (AvgIpc) is 2.58.